The topological polar surface area (TPSA) is 63.0 Å². The van der Waals surface area contributed by atoms with Crippen LogP contribution < -0.4 is 11.2 Å². The van der Waals surface area contributed by atoms with Crippen molar-refractivity contribution in [2.24, 2.45) is 0 Å². The van der Waals surface area contributed by atoms with E-state index < -0.39 is 0 Å². The summed E-state index contributed by atoms with van der Waals surface area (Å²) >= 11 is 0. The van der Waals surface area contributed by atoms with Crippen LogP contribution in [0.3, 0.4) is 0 Å². The third-order valence-electron chi connectivity index (χ3n) is 6.95. The molecule has 6 rings (SSSR count). The zero-order valence-electron chi connectivity index (χ0n) is 18.9. The Balaban J connectivity index is 1.28. The number of rotatable bonds is 5. The van der Waals surface area contributed by atoms with Crippen LogP contribution >= 0.6 is 0 Å². The van der Waals surface area contributed by atoms with Crippen LogP contribution in [0.15, 0.2) is 88.5 Å². The van der Waals surface area contributed by atoms with Crippen LogP contribution in [-0.4, -0.2) is 32.1 Å². The summed E-state index contributed by atoms with van der Waals surface area (Å²) in [7, 11) is 0. The molecule has 0 saturated carbocycles. The first kappa shape index (κ1) is 20.7. The van der Waals surface area contributed by atoms with Crippen molar-refractivity contribution in [2.75, 3.05) is 13.1 Å². The third-order valence-corrected chi connectivity index (χ3v) is 6.95. The van der Waals surface area contributed by atoms with Crippen molar-refractivity contribution in [3.63, 3.8) is 0 Å². The molecule has 0 radical (unpaired) electrons. The first-order valence-electron chi connectivity index (χ1n) is 11.8. The first-order valence-corrected chi connectivity index (χ1v) is 11.8. The van der Waals surface area contributed by atoms with Crippen LogP contribution in [-0.2, 0) is 26.1 Å². The maximum atomic E-state index is 12.9. The van der Waals surface area contributed by atoms with Crippen LogP contribution in [0.1, 0.15) is 16.8 Å². The predicted molar refractivity (Wildman–Crippen MR) is 135 cm³/mol. The van der Waals surface area contributed by atoms with Crippen molar-refractivity contribution >= 4 is 21.8 Å². The molecule has 0 bridgehead atoms. The Morgan fingerprint density at radius 1 is 0.765 bits per heavy atom. The minimum atomic E-state index is -0.346. The molecule has 0 amide bonds. The van der Waals surface area contributed by atoms with Crippen molar-refractivity contribution in [3.05, 3.63) is 117 Å². The molecule has 0 fully saturated rings. The van der Waals surface area contributed by atoms with Gasteiger partial charge in [0.15, 0.2) is 0 Å². The second-order valence-electron chi connectivity index (χ2n) is 8.97. The summed E-state index contributed by atoms with van der Waals surface area (Å²) in [6.45, 7) is 3.60. The van der Waals surface area contributed by atoms with E-state index in [0.717, 1.165) is 26.1 Å². The number of nitrogens with one attached hydrogen (secondary N) is 1. The molecule has 0 unspecified atom stereocenters. The highest BCUT2D eigenvalue weighted by atomic mass is 16.2. The number of aromatic nitrogens is 3. The largest absolute Gasteiger partial charge is 0.340 e. The quantitative estimate of drug-likeness (QED) is 0.444. The molecule has 0 saturated heterocycles. The lowest BCUT2D eigenvalue weighted by atomic mass is 10.0. The summed E-state index contributed by atoms with van der Waals surface area (Å²) in [6.07, 6.45) is 0.944. The number of para-hydroxylation sites is 2. The van der Waals surface area contributed by atoms with Crippen molar-refractivity contribution in [3.8, 4) is 0 Å². The van der Waals surface area contributed by atoms with Crippen molar-refractivity contribution < 1.29 is 0 Å². The Morgan fingerprint density at radius 2 is 1.50 bits per heavy atom. The fraction of sp³-hybridized carbons (Fsp3) is 0.214. The minimum absolute atomic E-state index is 0.225. The summed E-state index contributed by atoms with van der Waals surface area (Å²) in [5.41, 5.74) is 5.32. The van der Waals surface area contributed by atoms with E-state index in [0.29, 0.717) is 24.0 Å². The monoisotopic (exact) mass is 450 g/mol. The normalized spacial score (nSPS) is 14.0. The maximum Gasteiger partial charge on any atom is 0.328 e. The molecule has 0 spiro atoms. The number of hydrogen-bond donors (Lipinski definition) is 1. The van der Waals surface area contributed by atoms with Gasteiger partial charge in [0, 0.05) is 55.7 Å². The van der Waals surface area contributed by atoms with Gasteiger partial charge in [-0.1, -0.05) is 60.7 Å². The van der Waals surface area contributed by atoms with Crippen LogP contribution in [0.5, 0.6) is 0 Å². The van der Waals surface area contributed by atoms with E-state index in [2.05, 4.69) is 69.0 Å². The molecule has 1 aliphatic heterocycles. The van der Waals surface area contributed by atoms with Gasteiger partial charge in [0.25, 0.3) is 5.56 Å². The van der Waals surface area contributed by atoms with Gasteiger partial charge < -0.3 is 9.55 Å². The molecular formula is C28H26N4O2. The molecule has 34 heavy (non-hydrogen) atoms. The fourth-order valence-electron chi connectivity index (χ4n) is 5.24. The molecule has 5 aromatic rings. The van der Waals surface area contributed by atoms with Crippen molar-refractivity contribution in [2.45, 2.75) is 26.1 Å². The Labute approximate surface area is 196 Å². The molecule has 0 aliphatic carbocycles. The van der Waals surface area contributed by atoms with Crippen LogP contribution in [0.4, 0.5) is 0 Å². The summed E-state index contributed by atoms with van der Waals surface area (Å²) in [5, 5.41) is 1.84. The maximum absolute atomic E-state index is 12.9. The Bertz CT molecular complexity index is 1610. The second kappa shape index (κ2) is 8.47. The first-order chi connectivity index (χ1) is 16.7. The number of fused-ring (bicyclic) bond motifs is 4. The fourth-order valence-corrected chi connectivity index (χ4v) is 5.24. The molecule has 170 valence electrons. The number of aromatic amines is 1. The molecule has 3 heterocycles. The number of H-pyrrole nitrogens is 1. The van der Waals surface area contributed by atoms with E-state index in [1.165, 1.54) is 32.3 Å². The molecule has 6 heteroatoms. The van der Waals surface area contributed by atoms with E-state index in [1.54, 1.807) is 12.1 Å². The smallest absolute Gasteiger partial charge is 0.328 e. The molecule has 6 nitrogen and oxygen atoms in total. The molecule has 0 atom stereocenters. The van der Waals surface area contributed by atoms with Crippen LogP contribution in [0, 0.1) is 0 Å². The minimum Gasteiger partial charge on any atom is -0.340 e. The Hall–Kier alpha value is -3.90. The van der Waals surface area contributed by atoms with E-state index in [-0.39, 0.29) is 11.2 Å². The lowest BCUT2D eigenvalue weighted by Crippen LogP contribution is -2.40. The van der Waals surface area contributed by atoms with Crippen LogP contribution in [0.2, 0.25) is 0 Å². The number of benzene rings is 3. The average Bonchev–Trinajstić information content (AvgIpc) is 3.17. The SMILES string of the molecule is O=c1[nH]c2ccccc2c(=O)n1CCN1CCc2c(c3ccccc3n2Cc2ccccc2)C1. The zero-order chi connectivity index (χ0) is 23.1. The van der Waals surface area contributed by atoms with Gasteiger partial charge in [-0.25, -0.2) is 4.79 Å². The molecule has 1 N–H and O–H groups in total. The summed E-state index contributed by atoms with van der Waals surface area (Å²) in [4.78, 5) is 30.6. The highest BCUT2D eigenvalue weighted by Gasteiger charge is 2.24. The average molecular weight is 451 g/mol. The lowest BCUT2D eigenvalue weighted by Gasteiger charge is -2.28. The zero-order valence-corrected chi connectivity index (χ0v) is 18.9. The third kappa shape index (κ3) is 3.56. The summed E-state index contributed by atoms with van der Waals surface area (Å²) in [6, 6.07) is 26.4. The van der Waals surface area contributed by atoms with Gasteiger partial charge in [0.1, 0.15) is 0 Å². The van der Waals surface area contributed by atoms with Crippen LogP contribution in [0.25, 0.3) is 21.8 Å². The summed E-state index contributed by atoms with van der Waals surface area (Å²) < 4.78 is 3.78. The number of hydrogen-bond acceptors (Lipinski definition) is 3. The van der Waals surface area contributed by atoms with Gasteiger partial charge in [-0.05, 0) is 29.3 Å². The predicted octanol–water partition coefficient (Wildman–Crippen LogP) is 3.75. The Kier molecular flexibility index (Phi) is 5.15. The van der Waals surface area contributed by atoms with Gasteiger partial charge in [-0.15, -0.1) is 0 Å². The number of nitrogens with zero attached hydrogens (tertiary/aromatic N) is 3. The molecule has 2 aromatic heterocycles. The summed E-state index contributed by atoms with van der Waals surface area (Å²) in [5.74, 6) is 0. The second-order valence-corrected chi connectivity index (χ2v) is 8.97. The highest BCUT2D eigenvalue weighted by molar-refractivity contribution is 5.86. The highest BCUT2D eigenvalue weighted by Crippen LogP contribution is 2.31. The van der Waals surface area contributed by atoms with Gasteiger partial charge >= 0.3 is 5.69 Å². The molecule has 3 aromatic carbocycles. The van der Waals surface area contributed by atoms with E-state index >= 15 is 0 Å². The molecular weight excluding hydrogens is 424 g/mol. The van der Waals surface area contributed by atoms with Gasteiger partial charge in [-0.3, -0.25) is 14.3 Å². The van der Waals surface area contributed by atoms with E-state index in [4.69, 9.17) is 0 Å². The van der Waals surface area contributed by atoms with Gasteiger partial charge in [0.05, 0.1) is 10.9 Å². The van der Waals surface area contributed by atoms with Gasteiger partial charge in [0.2, 0.25) is 0 Å². The van der Waals surface area contributed by atoms with Crippen molar-refractivity contribution in [1.29, 1.82) is 0 Å². The van der Waals surface area contributed by atoms with E-state index in [1.807, 2.05) is 12.1 Å². The van der Waals surface area contributed by atoms with Gasteiger partial charge in [-0.2, -0.15) is 0 Å². The van der Waals surface area contributed by atoms with Crippen molar-refractivity contribution in [1.82, 2.24) is 19.0 Å². The standard InChI is InChI=1S/C28H26N4O2/c33-27-22-11-4-6-12-24(22)29-28(34)31(27)17-16-30-15-14-26-23(19-30)21-10-5-7-13-25(21)32(26)18-20-8-2-1-3-9-20/h1-13H,14-19H2,(H,29,34). The molecule has 1 aliphatic rings. The lowest BCUT2D eigenvalue weighted by molar-refractivity contribution is 0.240. The Morgan fingerprint density at radius 3 is 2.35 bits per heavy atom. The van der Waals surface area contributed by atoms with E-state index in [9.17, 15) is 9.59 Å².